The van der Waals surface area contributed by atoms with Gasteiger partial charge in [0, 0.05) is 18.7 Å². The van der Waals surface area contributed by atoms with Gasteiger partial charge in [-0.25, -0.2) is 4.98 Å². The summed E-state index contributed by atoms with van der Waals surface area (Å²) in [5.41, 5.74) is 3.92. The van der Waals surface area contributed by atoms with Crippen LogP contribution in [0.3, 0.4) is 0 Å². The van der Waals surface area contributed by atoms with Gasteiger partial charge in [0.1, 0.15) is 5.82 Å². The summed E-state index contributed by atoms with van der Waals surface area (Å²) in [6, 6.07) is 4.26. The summed E-state index contributed by atoms with van der Waals surface area (Å²) in [5, 5.41) is 3.41. The normalized spacial score (nSPS) is 20.8. The van der Waals surface area contributed by atoms with E-state index in [2.05, 4.69) is 41.9 Å². The van der Waals surface area contributed by atoms with Gasteiger partial charge in [-0.2, -0.15) is 0 Å². The van der Waals surface area contributed by atoms with E-state index < -0.39 is 0 Å². The van der Waals surface area contributed by atoms with Gasteiger partial charge in [-0.05, 0) is 38.4 Å². The Labute approximate surface area is 95.5 Å². The number of nitrogens with zero attached hydrogens (tertiary/aromatic N) is 2. The van der Waals surface area contributed by atoms with Gasteiger partial charge in [0.25, 0.3) is 0 Å². The molecule has 2 aromatic heterocycles. The van der Waals surface area contributed by atoms with Crippen LogP contribution < -0.4 is 5.32 Å². The maximum absolute atomic E-state index is 4.76. The molecule has 0 aromatic carbocycles. The molecule has 3 heterocycles. The van der Waals surface area contributed by atoms with Gasteiger partial charge in [0.2, 0.25) is 0 Å². The summed E-state index contributed by atoms with van der Waals surface area (Å²) >= 11 is 0. The van der Waals surface area contributed by atoms with Crippen molar-refractivity contribution in [2.24, 2.45) is 0 Å². The summed E-state index contributed by atoms with van der Waals surface area (Å²) in [6.45, 7) is 6.44. The van der Waals surface area contributed by atoms with Crippen LogP contribution in [-0.4, -0.2) is 22.5 Å². The van der Waals surface area contributed by atoms with Crippen LogP contribution in [0, 0.1) is 13.8 Å². The monoisotopic (exact) mass is 215 g/mol. The van der Waals surface area contributed by atoms with Crippen molar-refractivity contribution in [2.45, 2.75) is 26.2 Å². The smallest absolute Gasteiger partial charge is 0.110 e. The molecular weight excluding hydrogens is 198 g/mol. The average molecular weight is 215 g/mol. The number of hydrogen-bond donors (Lipinski definition) is 1. The fourth-order valence-corrected chi connectivity index (χ4v) is 2.67. The third-order valence-electron chi connectivity index (χ3n) is 3.52. The topological polar surface area (TPSA) is 29.3 Å². The number of pyridine rings is 1. The summed E-state index contributed by atoms with van der Waals surface area (Å²) in [6.07, 6.45) is 3.32. The van der Waals surface area contributed by atoms with Crippen molar-refractivity contribution in [2.75, 3.05) is 13.1 Å². The molecule has 1 N–H and O–H groups in total. The van der Waals surface area contributed by atoms with Gasteiger partial charge in [0.15, 0.2) is 0 Å². The van der Waals surface area contributed by atoms with Crippen molar-refractivity contribution < 1.29 is 0 Å². The molecule has 1 aliphatic heterocycles. The van der Waals surface area contributed by atoms with Crippen molar-refractivity contribution in [1.82, 2.24) is 14.7 Å². The number of fused-ring (bicyclic) bond motifs is 1. The lowest BCUT2D eigenvalue weighted by Crippen LogP contribution is -2.08. The van der Waals surface area contributed by atoms with Crippen molar-refractivity contribution in [3.05, 3.63) is 35.4 Å². The van der Waals surface area contributed by atoms with Crippen molar-refractivity contribution >= 4 is 5.52 Å². The summed E-state index contributed by atoms with van der Waals surface area (Å²) in [4.78, 5) is 4.76. The van der Waals surface area contributed by atoms with Gasteiger partial charge >= 0.3 is 0 Å². The van der Waals surface area contributed by atoms with E-state index in [1.54, 1.807) is 0 Å². The first-order chi connectivity index (χ1) is 7.77. The van der Waals surface area contributed by atoms with Crippen LogP contribution in [0.4, 0.5) is 0 Å². The van der Waals surface area contributed by atoms with Crippen LogP contribution in [0.1, 0.15) is 29.4 Å². The molecule has 16 heavy (non-hydrogen) atoms. The van der Waals surface area contributed by atoms with Gasteiger partial charge in [-0.1, -0.05) is 6.07 Å². The largest absolute Gasteiger partial charge is 0.316 e. The second-order valence-corrected chi connectivity index (χ2v) is 4.64. The zero-order valence-corrected chi connectivity index (χ0v) is 9.83. The van der Waals surface area contributed by atoms with E-state index in [1.165, 1.54) is 23.2 Å². The van der Waals surface area contributed by atoms with E-state index in [1.807, 2.05) is 0 Å². The van der Waals surface area contributed by atoms with Crippen LogP contribution in [-0.2, 0) is 0 Å². The number of nitrogens with one attached hydrogen (secondary N) is 1. The molecule has 0 radical (unpaired) electrons. The summed E-state index contributed by atoms with van der Waals surface area (Å²) in [5.74, 6) is 1.69. The van der Waals surface area contributed by atoms with E-state index in [0.29, 0.717) is 5.92 Å². The Kier molecular flexibility index (Phi) is 2.21. The SMILES string of the molecule is Cc1cccn2c(C)nc(C3CCNC3)c12. The third-order valence-corrected chi connectivity index (χ3v) is 3.52. The predicted molar refractivity (Wildman–Crippen MR) is 64.9 cm³/mol. The maximum atomic E-state index is 4.76. The first-order valence-corrected chi connectivity index (χ1v) is 5.92. The van der Waals surface area contributed by atoms with Crippen LogP contribution >= 0.6 is 0 Å². The Morgan fingerprint density at radius 2 is 2.31 bits per heavy atom. The minimum absolute atomic E-state index is 0.588. The summed E-state index contributed by atoms with van der Waals surface area (Å²) in [7, 11) is 0. The maximum Gasteiger partial charge on any atom is 0.110 e. The van der Waals surface area contributed by atoms with E-state index >= 15 is 0 Å². The van der Waals surface area contributed by atoms with Gasteiger partial charge in [-0.15, -0.1) is 0 Å². The Hall–Kier alpha value is -1.35. The molecule has 84 valence electrons. The lowest BCUT2D eigenvalue weighted by Gasteiger charge is -2.07. The Morgan fingerprint density at radius 3 is 3.06 bits per heavy atom. The molecule has 1 fully saturated rings. The van der Waals surface area contributed by atoms with Crippen LogP contribution in [0.5, 0.6) is 0 Å². The molecule has 1 aliphatic rings. The highest BCUT2D eigenvalue weighted by molar-refractivity contribution is 5.60. The summed E-state index contributed by atoms with van der Waals surface area (Å²) < 4.78 is 2.21. The second kappa shape index (κ2) is 3.59. The number of aryl methyl sites for hydroxylation is 2. The van der Waals surface area contributed by atoms with Crippen molar-refractivity contribution in [3.63, 3.8) is 0 Å². The lowest BCUT2D eigenvalue weighted by molar-refractivity contribution is 0.744. The molecule has 0 amide bonds. The molecule has 1 atom stereocenters. The molecule has 0 spiro atoms. The molecule has 3 nitrogen and oxygen atoms in total. The van der Waals surface area contributed by atoms with E-state index in [0.717, 1.165) is 18.9 Å². The zero-order valence-electron chi connectivity index (χ0n) is 9.83. The molecule has 3 heteroatoms. The molecular formula is C13H17N3. The van der Waals surface area contributed by atoms with Crippen molar-refractivity contribution in [3.8, 4) is 0 Å². The number of rotatable bonds is 1. The Balaban J connectivity index is 2.24. The first kappa shape index (κ1) is 9.85. The van der Waals surface area contributed by atoms with Gasteiger partial charge in [-0.3, -0.25) is 0 Å². The van der Waals surface area contributed by atoms with E-state index in [-0.39, 0.29) is 0 Å². The average Bonchev–Trinajstić information content (AvgIpc) is 2.87. The van der Waals surface area contributed by atoms with Gasteiger partial charge in [0.05, 0.1) is 11.2 Å². The molecule has 1 saturated heterocycles. The molecule has 0 aliphatic carbocycles. The van der Waals surface area contributed by atoms with E-state index in [9.17, 15) is 0 Å². The molecule has 1 unspecified atom stereocenters. The fraction of sp³-hybridized carbons (Fsp3) is 0.462. The molecule has 3 rings (SSSR count). The minimum atomic E-state index is 0.588. The third kappa shape index (κ3) is 1.35. The minimum Gasteiger partial charge on any atom is -0.316 e. The number of hydrogen-bond acceptors (Lipinski definition) is 2. The highest BCUT2D eigenvalue weighted by atomic mass is 15.0. The predicted octanol–water partition coefficient (Wildman–Crippen LogP) is 2.03. The Morgan fingerprint density at radius 1 is 1.44 bits per heavy atom. The van der Waals surface area contributed by atoms with Crippen molar-refractivity contribution in [1.29, 1.82) is 0 Å². The van der Waals surface area contributed by atoms with Crippen LogP contribution in [0.15, 0.2) is 18.3 Å². The first-order valence-electron chi connectivity index (χ1n) is 5.92. The molecule has 2 aromatic rings. The standard InChI is InChI=1S/C13H17N3/c1-9-4-3-7-16-10(2)15-12(13(9)16)11-5-6-14-8-11/h3-4,7,11,14H,5-6,8H2,1-2H3. The number of imidazole rings is 1. The highest BCUT2D eigenvalue weighted by Gasteiger charge is 2.22. The second-order valence-electron chi connectivity index (χ2n) is 4.64. The lowest BCUT2D eigenvalue weighted by atomic mass is 10.0. The van der Waals surface area contributed by atoms with Gasteiger partial charge < -0.3 is 9.72 Å². The highest BCUT2D eigenvalue weighted by Crippen LogP contribution is 2.28. The molecule has 0 bridgehead atoms. The molecule has 0 saturated carbocycles. The van der Waals surface area contributed by atoms with Crippen LogP contribution in [0.2, 0.25) is 0 Å². The number of aromatic nitrogens is 2. The quantitative estimate of drug-likeness (QED) is 0.788. The Bertz CT molecular complexity index is 521. The zero-order chi connectivity index (χ0) is 11.1. The van der Waals surface area contributed by atoms with E-state index in [4.69, 9.17) is 4.98 Å². The fourth-order valence-electron chi connectivity index (χ4n) is 2.67. The van der Waals surface area contributed by atoms with Crippen LogP contribution in [0.25, 0.3) is 5.52 Å².